The Labute approximate surface area is 92.9 Å². The van der Waals surface area contributed by atoms with Gasteiger partial charge in [0.25, 0.3) is 0 Å². The molecule has 0 spiro atoms. The summed E-state index contributed by atoms with van der Waals surface area (Å²) in [6.45, 7) is 0.427. The first-order chi connectivity index (χ1) is 7.88. The van der Waals surface area contributed by atoms with Crippen LogP contribution in [0.4, 0.5) is 5.69 Å². The van der Waals surface area contributed by atoms with Crippen molar-refractivity contribution >= 4 is 5.69 Å². The number of rotatable bonds is 4. The molecule has 80 valence electrons. The van der Waals surface area contributed by atoms with E-state index < -0.39 is 0 Å². The summed E-state index contributed by atoms with van der Waals surface area (Å²) in [5.74, 6) is 0.626. The smallest absolute Gasteiger partial charge is 0.122 e. The molecule has 0 N–H and O–H groups in total. The summed E-state index contributed by atoms with van der Waals surface area (Å²) in [7, 11) is 0. The zero-order chi connectivity index (χ0) is 11.2. The zero-order valence-electron chi connectivity index (χ0n) is 8.54. The second-order valence-electron chi connectivity index (χ2n) is 3.24. The molecule has 0 bridgehead atoms. The van der Waals surface area contributed by atoms with Crippen LogP contribution in [0.2, 0.25) is 0 Å². The minimum Gasteiger partial charge on any atom is -0.489 e. The first-order valence-corrected chi connectivity index (χ1v) is 4.83. The van der Waals surface area contributed by atoms with Crippen LogP contribution in [0.1, 0.15) is 5.56 Å². The van der Waals surface area contributed by atoms with Crippen LogP contribution in [0.15, 0.2) is 54.0 Å². The highest BCUT2D eigenvalue weighted by Gasteiger charge is 1.97. The predicted octanol–water partition coefficient (Wildman–Crippen LogP) is 3.06. The standard InChI is InChI=1S/C12H10N2O2/c15-14-11-4-1-5-12(7-11)16-9-10-3-2-6-13-8-10/h1-8H,9H2. The molecule has 0 radical (unpaired) electrons. The molecule has 0 aliphatic carbocycles. The number of hydrogen-bond donors (Lipinski definition) is 0. The van der Waals surface area contributed by atoms with Crippen LogP contribution in [-0.2, 0) is 6.61 Å². The van der Waals surface area contributed by atoms with Crippen LogP contribution in [0.3, 0.4) is 0 Å². The van der Waals surface area contributed by atoms with E-state index in [0.717, 1.165) is 5.56 Å². The zero-order valence-corrected chi connectivity index (χ0v) is 8.54. The van der Waals surface area contributed by atoms with Crippen LogP contribution in [0.5, 0.6) is 5.75 Å². The topological polar surface area (TPSA) is 51.5 Å². The lowest BCUT2D eigenvalue weighted by molar-refractivity contribution is 0.306. The highest BCUT2D eigenvalue weighted by molar-refractivity contribution is 5.42. The molecule has 0 saturated heterocycles. The van der Waals surface area contributed by atoms with Crippen molar-refractivity contribution in [2.75, 3.05) is 0 Å². The summed E-state index contributed by atoms with van der Waals surface area (Å²) in [5, 5.41) is 2.84. The van der Waals surface area contributed by atoms with Crippen molar-refractivity contribution in [1.82, 2.24) is 4.98 Å². The van der Waals surface area contributed by atoms with Crippen LogP contribution in [0, 0.1) is 4.91 Å². The summed E-state index contributed by atoms with van der Waals surface area (Å²) >= 11 is 0. The average Bonchev–Trinajstić information content (AvgIpc) is 2.38. The second-order valence-corrected chi connectivity index (χ2v) is 3.24. The Bertz CT molecular complexity index is 471. The van der Waals surface area contributed by atoms with E-state index in [2.05, 4.69) is 10.2 Å². The van der Waals surface area contributed by atoms with Gasteiger partial charge in [0.05, 0.1) is 0 Å². The number of pyridine rings is 1. The molecule has 0 aliphatic rings. The molecule has 1 aromatic heterocycles. The quantitative estimate of drug-likeness (QED) is 0.735. The van der Waals surface area contributed by atoms with Crippen molar-refractivity contribution in [3.63, 3.8) is 0 Å². The Morgan fingerprint density at radius 2 is 2.19 bits per heavy atom. The molecule has 1 aromatic carbocycles. The van der Waals surface area contributed by atoms with Crippen LogP contribution >= 0.6 is 0 Å². The lowest BCUT2D eigenvalue weighted by Gasteiger charge is -2.05. The Morgan fingerprint density at radius 1 is 1.25 bits per heavy atom. The molecule has 2 aromatic rings. The van der Waals surface area contributed by atoms with E-state index in [0.29, 0.717) is 18.0 Å². The van der Waals surface area contributed by atoms with Gasteiger partial charge in [0.1, 0.15) is 18.0 Å². The first-order valence-electron chi connectivity index (χ1n) is 4.83. The first kappa shape index (κ1) is 10.3. The van der Waals surface area contributed by atoms with Crippen molar-refractivity contribution < 1.29 is 4.74 Å². The Balaban J connectivity index is 2.02. The van der Waals surface area contributed by atoms with Gasteiger partial charge in [-0.1, -0.05) is 12.1 Å². The van der Waals surface area contributed by atoms with Gasteiger partial charge in [0.15, 0.2) is 0 Å². The predicted molar refractivity (Wildman–Crippen MR) is 60.5 cm³/mol. The van der Waals surface area contributed by atoms with Crippen molar-refractivity contribution in [3.05, 3.63) is 59.3 Å². The lowest BCUT2D eigenvalue weighted by atomic mass is 10.3. The van der Waals surface area contributed by atoms with Crippen LogP contribution in [-0.4, -0.2) is 4.98 Å². The molecule has 0 atom stereocenters. The summed E-state index contributed by atoms with van der Waals surface area (Å²) in [4.78, 5) is 14.3. The van der Waals surface area contributed by atoms with Crippen molar-refractivity contribution in [3.8, 4) is 5.75 Å². The molecule has 16 heavy (non-hydrogen) atoms. The van der Waals surface area contributed by atoms with Crippen molar-refractivity contribution in [1.29, 1.82) is 0 Å². The van der Waals surface area contributed by atoms with Gasteiger partial charge in [-0.25, -0.2) is 0 Å². The number of ether oxygens (including phenoxy) is 1. The maximum Gasteiger partial charge on any atom is 0.122 e. The van der Waals surface area contributed by atoms with E-state index in [1.807, 2.05) is 12.1 Å². The third kappa shape index (κ3) is 2.63. The summed E-state index contributed by atoms with van der Waals surface area (Å²) in [6.07, 6.45) is 3.45. The summed E-state index contributed by atoms with van der Waals surface area (Å²) < 4.78 is 5.50. The number of nitrogens with zero attached hydrogens (tertiary/aromatic N) is 2. The molecule has 0 unspecified atom stereocenters. The van der Waals surface area contributed by atoms with Gasteiger partial charge in [0, 0.05) is 24.0 Å². The highest BCUT2D eigenvalue weighted by Crippen LogP contribution is 2.20. The largest absolute Gasteiger partial charge is 0.489 e. The molecule has 0 aliphatic heterocycles. The Hall–Kier alpha value is -2.23. The molecule has 0 saturated carbocycles. The molecule has 0 fully saturated rings. The second kappa shape index (κ2) is 5.02. The number of hydrogen-bond acceptors (Lipinski definition) is 4. The van der Waals surface area contributed by atoms with Crippen LogP contribution in [0.25, 0.3) is 0 Å². The highest BCUT2D eigenvalue weighted by atomic mass is 16.5. The van der Waals surface area contributed by atoms with Crippen molar-refractivity contribution in [2.24, 2.45) is 5.18 Å². The van der Waals surface area contributed by atoms with Gasteiger partial charge < -0.3 is 4.74 Å². The number of aromatic nitrogens is 1. The molecule has 0 amide bonds. The van der Waals surface area contributed by atoms with E-state index in [-0.39, 0.29) is 0 Å². The monoisotopic (exact) mass is 214 g/mol. The molecule has 4 nitrogen and oxygen atoms in total. The summed E-state index contributed by atoms with van der Waals surface area (Å²) in [6, 6.07) is 10.5. The van der Waals surface area contributed by atoms with E-state index >= 15 is 0 Å². The average molecular weight is 214 g/mol. The van der Waals surface area contributed by atoms with Gasteiger partial charge in [0.2, 0.25) is 0 Å². The third-order valence-corrected chi connectivity index (χ3v) is 2.05. The Kier molecular flexibility index (Phi) is 3.23. The fraction of sp³-hybridized carbons (Fsp3) is 0.0833. The van der Waals surface area contributed by atoms with E-state index in [4.69, 9.17) is 4.74 Å². The maximum atomic E-state index is 10.3. The normalized spacial score (nSPS) is 9.75. The van der Waals surface area contributed by atoms with Crippen LogP contribution < -0.4 is 4.74 Å². The maximum absolute atomic E-state index is 10.3. The molecule has 4 heteroatoms. The van der Waals surface area contributed by atoms with Crippen molar-refractivity contribution in [2.45, 2.75) is 6.61 Å². The minimum atomic E-state index is 0.365. The summed E-state index contributed by atoms with van der Waals surface area (Å²) in [5.41, 5.74) is 1.34. The minimum absolute atomic E-state index is 0.365. The van der Waals surface area contributed by atoms with Gasteiger partial charge in [-0.05, 0) is 23.4 Å². The fourth-order valence-corrected chi connectivity index (χ4v) is 1.28. The SMILES string of the molecule is O=Nc1cccc(OCc2cccnc2)c1. The lowest BCUT2D eigenvalue weighted by Crippen LogP contribution is -1.95. The fourth-order valence-electron chi connectivity index (χ4n) is 1.28. The molecule has 2 rings (SSSR count). The van der Waals surface area contributed by atoms with E-state index in [9.17, 15) is 4.91 Å². The third-order valence-electron chi connectivity index (χ3n) is 2.05. The molecule has 1 heterocycles. The number of benzene rings is 1. The van der Waals surface area contributed by atoms with Gasteiger partial charge >= 0.3 is 0 Å². The Morgan fingerprint density at radius 3 is 2.94 bits per heavy atom. The van der Waals surface area contributed by atoms with Gasteiger partial charge in [-0.2, -0.15) is 0 Å². The van der Waals surface area contributed by atoms with E-state index in [1.54, 1.807) is 36.7 Å². The van der Waals surface area contributed by atoms with E-state index in [1.165, 1.54) is 0 Å². The molecular weight excluding hydrogens is 204 g/mol. The van der Waals surface area contributed by atoms with Gasteiger partial charge in [-0.3, -0.25) is 4.98 Å². The molecular formula is C12H10N2O2. The number of nitroso groups, excluding NO2 is 1. The van der Waals surface area contributed by atoms with Gasteiger partial charge in [-0.15, -0.1) is 4.91 Å².